The lowest BCUT2D eigenvalue weighted by Crippen LogP contribution is -2.47. The maximum absolute atomic E-state index is 4.68. The van der Waals surface area contributed by atoms with Gasteiger partial charge in [0.1, 0.15) is 11.6 Å². The third kappa shape index (κ3) is 4.31. The van der Waals surface area contributed by atoms with Gasteiger partial charge in [0.25, 0.3) is 0 Å². The van der Waals surface area contributed by atoms with E-state index in [1.54, 1.807) is 0 Å². The third-order valence-electron chi connectivity index (χ3n) is 5.08. The molecule has 3 aromatic heterocycles. The average molecular weight is 377 g/mol. The summed E-state index contributed by atoms with van der Waals surface area (Å²) in [6.45, 7) is 8.40. The molecule has 0 unspecified atom stereocenters. The van der Waals surface area contributed by atoms with Crippen molar-refractivity contribution in [2.75, 3.05) is 36.0 Å². The Hall–Kier alpha value is -2.93. The van der Waals surface area contributed by atoms with Crippen LogP contribution in [0.15, 0.2) is 55.1 Å². The molecule has 1 saturated heterocycles. The van der Waals surface area contributed by atoms with Gasteiger partial charge in [0.05, 0.1) is 6.20 Å². The molecule has 0 atom stereocenters. The minimum Gasteiger partial charge on any atom is -0.353 e. The Morgan fingerprint density at radius 1 is 0.929 bits per heavy atom. The van der Waals surface area contributed by atoms with Crippen molar-refractivity contribution in [3.05, 3.63) is 66.2 Å². The quantitative estimate of drug-likeness (QED) is 0.682. The molecule has 28 heavy (non-hydrogen) atoms. The van der Waals surface area contributed by atoms with E-state index in [0.29, 0.717) is 0 Å². The van der Waals surface area contributed by atoms with Gasteiger partial charge in [0.15, 0.2) is 0 Å². The molecule has 0 aromatic carbocycles. The molecular weight excluding hydrogens is 350 g/mol. The first-order valence-electron chi connectivity index (χ1n) is 9.90. The standard InChI is InChI=1S/C21H27N7/c1-2-28-17-18(15-25-28)14-22-16-19-6-5-9-24-21(19)27-12-10-26(11-13-27)20-7-3-4-8-23-20/h3-9,15,17,22H,2,10-14,16H2,1H3. The van der Waals surface area contributed by atoms with Gasteiger partial charge in [-0.2, -0.15) is 5.10 Å². The number of hydrogen-bond acceptors (Lipinski definition) is 6. The van der Waals surface area contributed by atoms with Crippen molar-refractivity contribution in [3.8, 4) is 0 Å². The zero-order chi connectivity index (χ0) is 19.2. The molecule has 7 heteroatoms. The molecule has 7 nitrogen and oxygen atoms in total. The van der Waals surface area contributed by atoms with Gasteiger partial charge < -0.3 is 15.1 Å². The van der Waals surface area contributed by atoms with Gasteiger partial charge in [0.2, 0.25) is 0 Å². The first-order valence-corrected chi connectivity index (χ1v) is 9.90. The van der Waals surface area contributed by atoms with Crippen LogP contribution in [0.2, 0.25) is 0 Å². The molecule has 1 N–H and O–H groups in total. The van der Waals surface area contributed by atoms with Gasteiger partial charge in [-0.15, -0.1) is 0 Å². The maximum Gasteiger partial charge on any atom is 0.133 e. The molecule has 0 radical (unpaired) electrons. The van der Waals surface area contributed by atoms with E-state index < -0.39 is 0 Å². The number of anilines is 2. The smallest absolute Gasteiger partial charge is 0.133 e. The van der Waals surface area contributed by atoms with Crippen LogP contribution in [0.25, 0.3) is 0 Å². The molecular formula is C21H27N7. The minimum absolute atomic E-state index is 0.793. The zero-order valence-corrected chi connectivity index (χ0v) is 16.3. The second-order valence-corrected chi connectivity index (χ2v) is 6.96. The van der Waals surface area contributed by atoms with E-state index >= 15 is 0 Å². The fraction of sp³-hybridized carbons (Fsp3) is 0.381. The Kier molecular flexibility index (Phi) is 5.82. The predicted molar refractivity (Wildman–Crippen MR) is 111 cm³/mol. The van der Waals surface area contributed by atoms with Crippen LogP contribution in [0.1, 0.15) is 18.1 Å². The van der Waals surface area contributed by atoms with Gasteiger partial charge in [-0.25, -0.2) is 9.97 Å². The van der Waals surface area contributed by atoms with Crippen molar-refractivity contribution in [2.45, 2.75) is 26.6 Å². The summed E-state index contributed by atoms with van der Waals surface area (Å²) in [6, 6.07) is 10.3. The molecule has 0 spiro atoms. The summed E-state index contributed by atoms with van der Waals surface area (Å²) >= 11 is 0. The molecule has 0 bridgehead atoms. The highest BCUT2D eigenvalue weighted by atomic mass is 15.3. The number of rotatable bonds is 7. The molecule has 0 saturated carbocycles. The maximum atomic E-state index is 4.68. The highest BCUT2D eigenvalue weighted by Gasteiger charge is 2.20. The zero-order valence-electron chi connectivity index (χ0n) is 16.3. The minimum atomic E-state index is 0.793. The predicted octanol–water partition coefficient (Wildman–Crippen LogP) is 2.31. The SMILES string of the molecule is CCn1cc(CNCc2cccnc2N2CCN(c3ccccn3)CC2)cn1. The highest BCUT2D eigenvalue weighted by Crippen LogP contribution is 2.21. The molecule has 4 heterocycles. The van der Waals surface area contributed by atoms with Gasteiger partial charge in [-0.05, 0) is 25.1 Å². The summed E-state index contributed by atoms with van der Waals surface area (Å²) in [4.78, 5) is 13.9. The van der Waals surface area contributed by atoms with E-state index in [-0.39, 0.29) is 0 Å². The van der Waals surface area contributed by atoms with Gasteiger partial charge >= 0.3 is 0 Å². The molecule has 1 aliphatic rings. The summed E-state index contributed by atoms with van der Waals surface area (Å²) in [5.74, 6) is 2.14. The summed E-state index contributed by atoms with van der Waals surface area (Å²) in [6.07, 6.45) is 7.76. The Bertz CT molecular complexity index is 869. The van der Waals surface area contributed by atoms with Gasteiger partial charge in [0, 0.05) is 75.5 Å². The van der Waals surface area contributed by atoms with Gasteiger partial charge in [-0.1, -0.05) is 12.1 Å². The lowest BCUT2D eigenvalue weighted by Gasteiger charge is -2.36. The molecule has 1 aliphatic heterocycles. The molecule has 1 fully saturated rings. The van der Waals surface area contributed by atoms with Crippen LogP contribution in [-0.2, 0) is 19.6 Å². The van der Waals surface area contributed by atoms with Crippen molar-refractivity contribution in [1.29, 1.82) is 0 Å². The Morgan fingerprint density at radius 3 is 2.50 bits per heavy atom. The van der Waals surface area contributed by atoms with Crippen molar-refractivity contribution < 1.29 is 0 Å². The highest BCUT2D eigenvalue weighted by molar-refractivity contribution is 5.49. The van der Waals surface area contributed by atoms with Crippen LogP contribution < -0.4 is 15.1 Å². The molecule has 0 aliphatic carbocycles. The van der Waals surface area contributed by atoms with Crippen LogP contribution in [0.5, 0.6) is 0 Å². The summed E-state index contributed by atoms with van der Waals surface area (Å²) in [5, 5.41) is 7.86. The average Bonchev–Trinajstić information content (AvgIpc) is 3.23. The fourth-order valence-electron chi connectivity index (χ4n) is 3.55. The van der Waals surface area contributed by atoms with Crippen LogP contribution >= 0.6 is 0 Å². The largest absolute Gasteiger partial charge is 0.353 e. The Morgan fingerprint density at radius 2 is 1.75 bits per heavy atom. The van der Waals surface area contributed by atoms with E-state index in [9.17, 15) is 0 Å². The lowest BCUT2D eigenvalue weighted by molar-refractivity contribution is 0.631. The van der Waals surface area contributed by atoms with E-state index in [4.69, 9.17) is 0 Å². The van der Waals surface area contributed by atoms with Crippen LogP contribution in [0.3, 0.4) is 0 Å². The monoisotopic (exact) mass is 377 g/mol. The van der Waals surface area contributed by atoms with Crippen molar-refractivity contribution in [1.82, 2.24) is 25.1 Å². The van der Waals surface area contributed by atoms with Crippen molar-refractivity contribution in [2.24, 2.45) is 0 Å². The number of aryl methyl sites for hydroxylation is 1. The number of aromatic nitrogens is 4. The van der Waals surface area contributed by atoms with Crippen LogP contribution in [-0.4, -0.2) is 45.9 Å². The van der Waals surface area contributed by atoms with E-state index in [0.717, 1.165) is 57.4 Å². The third-order valence-corrected chi connectivity index (χ3v) is 5.08. The Balaban J connectivity index is 1.35. The Labute approximate surface area is 166 Å². The van der Waals surface area contributed by atoms with Gasteiger partial charge in [-0.3, -0.25) is 4.68 Å². The molecule has 0 amide bonds. The number of nitrogens with zero attached hydrogens (tertiary/aromatic N) is 6. The number of hydrogen-bond donors (Lipinski definition) is 1. The summed E-state index contributed by atoms with van der Waals surface area (Å²) in [7, 11) is 0. The fourth-order valence-corrected chi connectivity index (χ4v) is 3.55. The number of piperazine rings is 1. The molecule has 4 rings (SSSR count). The second kappa shape index (κ2) is 8.84. The first kappa shape index (κ1) is 18.4. The van der Waals surface area contributed by atoms with Crippen LogP contribution in [0, 0.1) is 0 Å². The summed E-state index contributed by atoms with van der Waals surface area (Å²) < 4.78 is 1.95. The normalized spacial score (nSPS) is 14.5. The van der Waals surface area contributed by atoms with E-state index in [1.807, 2.05) is 41.5 Å². The van der Waals surface area contributed by atoms with E-state index in [1.165, 1.54) is 11.1 Å². The van der Waals surface area contributed by atoms with E-state index in [2.05, 4.69) is 55.4 Å². The van der Waals surface area contributed by atoms with Crippen molar-refractivity contribution >= 4 is 11.6 Å². The van der Waals surface area contributed by atoms with Crippen LogP contribution in [0.4, 0.5) is 11.6 Å². The molecule has 3 aromatic rings. The molecule has 146 valence electrons. The summed E-state index contributed by atoms with van der Waals surface area (Å²) in [5.41, 5.74) is 2.44. The lowest BCUT2D eigenvalue weighted by atomic mass is 10.2. The topological polar surface area (TPSA) is 62.1 Å². The number of nitrogens with one attached hydrogen (secondary N) is 1. The first-order chi connectivity index (χ1) is 13.8. The number of pyridine rings is 2. The second-order valence-electron chi connectivity index (χ2n) is 6.96. The van der Waals surface area contributed by atoms with Crippen molar-refractivity contribution in [3.63, 3.8) is 0 Å².